The third kappa shape index (κ3) is 3.92. The van der Waals surface area contributed by atoms with Crippen molar-refractivity contribution in [3.8, 4) is 17.1 Å². The van der Waals surface area contributed by atoms with Gasteiger partial charge in [-0.1, -0.05) is 0 Å². The van der Waals surface area contributed by atoms with E-state index in [0.29, 0.717) is 25.1 Å². The molecule has 0 radical (unpaired) electrons. The fourth-order valence-corrected chi connectivity index (χ4v) is 5.56. The smallest absolute Gasteiger partial charge is 0.274 e. The van der Waals surface area contributed by atoms with Crippen LogP contribution >= 0.6 is 0 Å². The maximum atomic E-state index is 14.3. The highest BCUT2D eigenvalue weighted by atomic mass is 19.1. The van der Waals surface area contributed by atoms with Crippen LogP contribution in [0.5, 0.6) is 5.88 Å². The maximum Gasteiger partial charge on any atom is 0.274 e. The van der Waals surface area contributed by atoms with E-state index in [-0.39, 0.29) is 40.4 Å². The molecule has 6 rings (SSSR count). The summed E-state index contributed by atoms with van der Waals surface area (Å²) in [5.74, 6) is -0.643. The Morgan fingerprint density at radius 3 is 2.89 bits per heavy atom. The van der Waals surface area contributed by atoms with E-state index < -0.39 is 5.82 Å². The van der Waals surface area contributed by atoms with E-state index in [9.17, 15) is 14.0 Å². The van der Waals surface area contributed by atoms with Gasteiger partial charge in [0.2, 0.25) is 11.8 Å². The Hall–Kier alpha value is -3.76. The number of nitrogens with zero attached hydrogens (tertiary/aromatic N) is 5. The molecule has 0 bridgehead atoms. The third-order valence-electron chi connectivity index (χ3n) is 7.71. The number of anilines is 1. The van der Waals surface area contributed by atoms with Gasteiger partial charge in [-0.3, -0.25) is 19.4 Å². The number of piperidine rings is 1. The highest BCUT2D eigenvalue weighted by Gasteiger charge is 2.54. The first-order valence-electron chi connectivity index (χ1n) is 12.4. The van der Waals surface area contributed by atoms with E-state index in [2.05, 4.69) is 25.6 Å². The van der Waals surface area contributed by atoms with Crippen molar-refractivity contribution in [2.75, 3.05) is 19.0 Å². The molecule has 2 fully saturated rings. The number of nitrogens with one attached hydrogen (secondary N) is 2. The number of H-pyrrole nitrogens is 1. The summed E-state index contributed by atoms with van der Waals surface area (Å²) in [6.45, 7) is 1.37. The number of hydrogen-bond donors (Lipinski definition) is 2. The summed E-state index contributed by atoms with van der Waals surface area (Å²) >= 11 is 0. The highest BCUT2D eigenvalue weighted by molar-refractivity contribution is 5.96. The summed E-state index contributed by atoms with van der Waals surface area (Å²) in [4.78, 5) is 32.2. The lowest BCUT2D eigenvalue weighted by molar-refractivity contribution is -0.122. The van der Waals surface area contributed by atoms with E-state index in [4.69, 9.17) is 4.74 Å². The van der Waals surface area contributed by atoms with Crippen molar-refractivity contribution >= 4 is 17.5 Å². The molecule has 1 unspecified atom stereocenters. The van der Waals surface area contributed by atoms with Crippen molar-refractivity contribution in [3.63, 3.8) is 0 Å². The summed E-state index contributed by atoms with van der Waals surface area (Å²) < 4.78 is 21.4. The second-order valence-electron chi connectivity index (χ2n) is 9.92. The standard InChI is InChI=1S/C25H28FN7O3/c1-36-22-10-16(17(26)13-27-22)18-11-19(31-30-18)24(35)32-9-5-15(12-25(32)6-7-25)23(34)29-20-14-28-33-8-3-2-4-21(20)33/h10-11,13-15H,2-9,12H2,1H3,(H,29,34)(H,30,31). The predicted molar refractivity (Wildman–Crippen MR) is 128 cm³/mol. The van der Waals surface area contributed by atoms with Gasteiger partial charge in [0.1, 0.15) is 0 Å². The first-order valence-corrected chi connectivity index (χ1v) is 12.4. The molecule has 10 nitrogen and oxygen atoms in total. The number of amides is 2. The number of carbonyl (C=O) groups is 2. The number of halogens is 1. The minimum absolute atomic E-state index is 0.00101. The zero-order chi connectivity index (χ0) is 24.9. The number of aryl methyl sites for hydroxylation is 1. The molecule has 3 aromatic heterocycles. The normalized spacial score (nSPS) is 20.2. The fourth-order valence-electron chi connectivity index (χ4n) is 5.56. The Balaban J connectivity index is 1.15. The maximum absolute atomic E-state index is 14.3. The second kappa shape index (κ2) is 8.72. The summed E-state index contributed by atoms with van der Waals surface area (Å²) in [6.07, 6.45) is 8.89. The average molecular weight is 494 g/mol. The lowest BCUT2D eigenvalue weighted by atomic mass is 9.87. The van der Waals surface area contributed by atoms with E-state index in [1.807, 2.05) is 9.58 Å². The Morgan fingerprint density at radius 2 is 2.08 bits per heavy atom. The van der Waals surface area contributed by atoms with Crippen LogP contribution in [-0.2, 0) is 17.8 Å². The molecule has 1 aliphatic carbocycles. The van der Waals surface area contributed by atoms with E-state index in [1.165, 1.54) is 13.2 Å². The molecule has 188 valence electrons. The van der Waals surface area contributed by atoms with Gasteiger partial charge in [-0.15, -0.1) is 0 Å². The van der Waals surface area contributed by atoms with Crippen molar-refractivity contribution in [2.45, 2.75) is 57.0 Å². The van der Waals surface area contributed by atoms with Crippen LogP contribution in [0.15, 0.2) is 24.5 Å². The van der Waals surface area contributed by atoms with Crippen molar-refractivity contribution in [3.05, 3.63) is 41.7 Å². The Kier molecular flexibility index (Phi) is 5.50. The number of rotatable bonds is 5. The van der Waals surface area contributed by atoms with Gasteiger partial charge in [-0.05, 0) is 51.0 Å². The van der Waals surface area contributed by atoms with Crippen molar-refractivity contribution in [1.82, 2.24) is 29.9 Å². The number of methoxy groups -OCH3 is 1. The molecule has 1 saturated heterocycles. The fraction of sp³-hybridized carbons (Fsp3) is 0.480. The van der Waals surface area contributed by atoms with Crippen LogP contribution in [0.2, 0.25) is 0 Å². The quantitative estimate of drug-likeness (QED) is 0.564. The zero-order valence-corrected chi connectivity index (χ0v) is 20.1. The van der Waals surface area contributed by atoms with E-state index >= 15 is 0 Å². The molecule has 2 amide bonds. The number of aromatic nitrogens is 5. The SMILES string of the molecule is COc1cc(-c2cc(C(=O)N3CCC(C(=O)Nc4cnn5c4CCCC5)CC34CC4)n[nH]2)c(F)cn1. The van der Waals surface area contributed by atoms with Gasteiger partial charge in [0.25, 0.3) is 5.91 Å². The van der Waals surface area contributed by atoms with Crippen LogP contribution in [-0.4, -0.2) is 60.9 Å². The molecule has 3 aliphatic rings. The number of likely N-dealkylation sites (tertiary alicyclic amines) is 1. The Bertz CT molecular complexity index is 1330. The molecule has 5 heterocycles. The lowest BCUT2D eigenvalue weighted by Gasteiger charge is -2.39. The molecular weight excluding hydrogens is 465 g/mol. The first kappa shape index (κ1) is 22.7. The van der Waals surface area contributed by atoms with Crippen LogP contribution in [0.3, 0.4) is 0 Å². The number of ether oxygens (including phenoxy) is 1. The van der Waals surface area contributed by atoms with E-state index in [1.54, 1.807) is 12.3 Å². The molecule has 36 heavy (non-hydrogen) atoms. The molecule has 1 saturated carbocycles. The summed E-state index contributed by atoms with van der Waals surface area (Å²) in [6, 6.07) is 3.01. The molecular formula is C25H28FN7O3. The number of fused-ring (bicyclic) bond motifs is 1. The molecule has 1 atom stereocenters. The van der Waals surface area contributed by atoms with Gasteiger partial charge >= 0.3 is 0 Å². The zero-order valence-electron chi connectivity index (χ0n) is 20.1. The molecule has 11 heteroatoms. The van der Waals surface area contributed by atoms with Gasteiger partial charge < -0.3 is 15.0 Å². The first-order chi connectivity index (χ1) is 17.5. The van der Waals surface area contributed by atoms with Crippen LogP contribution in [0.25, 0.3) is 11.3 Å². The lowest BCUT2D eigenvalue weighted by Crippen LogP contribution is -2.50. The van der Waals surface area contributed by atoms with Crippen LogP contribution < -0.4 is 10.1 Å². The van der Waals surface area contributed by atoms with Gasteiger partial charge in [-0.2, -0.15) is 10.2 Å². The molecule has 1 spiro atoms. The van der Waals surface area contributed by atoms with Gasteiger partial charge in [0.15, 0.2) is 11.5 Å². The van der Waals surface area contributed by atoms with Crippen LogP contribution in [0.4, 0.5) is 10.1 Å². The Labute approximate surface area is 207 Å². The second-order valence-corrected chi connectivity index (χ2v) is 9.92. The van der Waals surface area contributed by atoms with Crippen molar-refractivity contribution < 1.29 is 18.7 Å². The summed E-state index contributed by atoms with van der Waals surface area (Å²) in [5.41, 5.74) is 2.42. The van der Waals surface area contributed by atoms with E-state index in [0.717, 1.165) is 56.2 Å². The summed E-state index contributed by atoms with van der Waals surface area (Å²) in [5, 5.41) is 14.4. The minimum atomic E-state index is -0.538. The topological polar surface area (TPSA) is 118 Å². The molecule has 2 aliphatic heterocycles. The minimum Gasteiger partial charge on any atom is -0.481 e. The molecule has 0 aromatic carbocycles. The van der Waals surface area contributed by atoms with Crippen molar-refractivity contribution in [1.29, 1.82) is 0 Å². The van der Waals surface area contributed by atoms with Crippen molar-refractivity contribution in [2.24, 2.45) is 5.92 Å². The number of hydrogen-bond acceptors (Lipinski definition) is 6. The number of carbonyl (C=O) groups excluding carboxylic acids is 2. The molecule has 2 N–H and O–H groups in total. The molecule has 3 aromatic rings. The predicted octanol–water partition coefficient (Wildman–Crippen LogP) is 3.18. The summed E-state index contributed by atoms with van der Waals surface area (Å²) in [7, 11) is 1.45. The third-order valence-corrected chi connectivity index (χ3v) is 7.71. The highest BCUT2D eigenvalue weighted by Crippen LogP contribution is 2.50. The largest absolute Gasteiger partial charge is 0.481 e. The number of pyridine rings is 1. The monoisotopic (exact) mass is 493 g/mol. The van der Waals surface area contributed by atoms with Crippen LogP contribution in [0, 0.1) is 11.7 Å². The van der Waals surface area contributed by atoms with Gasteiger partial charge in [0, 0.05) is 36.2 Å². The average Bonchev–Trinajstić information content (AvgIpc) is 3.30. The van der Waals surface area contributed by atoms with Crippen LogP contribution in [0.1, 0.15) is 54.7 Å². The Morgan fingerprint density at radius 1 is 1.22 bits per heavy atom. The van der Waals surface area contributed by atoms with Gasteiger partial charge in [-0.25, -0.2) is 9.37 Å². The van der Waals surface area contributed by atoms with Gasteiger partial charge in [0.05, 0.1) is 36.6 Å². The number of aromatic amines is 1.